The van der Waals surface area contributed by atoms with Crippen LogP contribution in [0.2, 0.25) is 5.02 Å². The molecule has 24 heavy (non-hydrogen) atoms. The lowest BCUT2D eigenvalue weighted by Gasteiger charge is -2.12. The molecule has 0 aromatic heterocycles. The maximum atomic E-state index is 12.1. The third-order valence-electron chi connectivity index (χ3n) is 3.65. The summed E-state index contributed by atoms with van der Waals surface area (Å²) in [6, 6.07) is 17.1. The van der Waals surface area contributed by atoms with Gasteiger partial charge in [-0.05, 0) is 63.5 Å². The summed E-state index contributed by atoms with van der Waals surface area (Å²) in [6.45, 7) is 1.82. The highest BCUT2D eigenvalue weighted by molar-refractivity contribution is 9.10. The molecular formula is C19H15BrClNO2. The molecule has 0 aliphatic rings. The van der Waals surface area contributed by atoms with Gasteiger partial charge in [0.2, 0.25) is 0 Å². The van der Waals surface area contributed by atoms with Gasteiger partial charge in [0.15, 0.2) is 6.61 Å². The Morgan fingerprint density at radius 1 is 1.17 bits per heavy atom. The third kappa shape index (κ3) is 3.71. The quantitative estimate of drug-likeness (QED) is 0.616. The summed E-state index contributed by atoms with van der Waals surface area (Å²) in [6.07, 6.45) is 0. The molecule has 0 atom stereocenters. The molecule has 0 heterocycles. The molecular weight excluding hydrogens is 390 g/mol. The van der Waals surface area contributed by atoms with Crippen molar-refractivity contribution < 1.29 is 9.53 Å². The minimum Gasteiger partial charge on any atom is -0.483 e. The van der Waals surface area contributed by atoms with Crippen molar-refractivity contribution in [3.05, 3.63) is 69.7 Å². The average Bonchev–Trinajstić information content (AvgIpc) is 2.57. The Bertz CT molecular complexity index is 911. The number of aryl methyl sites for hydroxylation is 1. The molecule has 0 bridgehead atoms. The first-order chi connectivity index (χ1) is 11.5. The van der Waals surface area contributed by atoms with Gasteiger partial charge < -0.3 is 10.1 Å². The number of fused-ring (bicyclic) bond motifs is 1. The second-order valence-electron chi connectivity index (χ2n) is 5.39. The third-order valence-corrected chi connectivity index (χ3v) is 4.70. The van der Waals surface area contributed by atoms with E-state index < -0.39 is 0 Å². The van der Waals surface area contributed by atoms with E-state index in [1.807, 2.05) is 43.3 Å². The predicted octanol–water partition coefficient (Wildman–Crippen LogP) is 5.58. The monoisotopic (exact) mass is 403 g/mol. The largest absolute Gasteiger partial charge is 0.483 e. The van der Waals surface area contributed by atoms with Crippen molar-refractivity contribution in [2.24, 2.45) is 0 Å². The van der Waals surface area contributed by atoms with Crippen LogP contribution >= 0.6 is 27.5 Å². The maximum absolute atomic E-state index is 12.1. The van der Waals surface area contributed by atoms with E-state index in [0.29, 0.717) is 10.8 Å². The summed E-state index contributed by atoms with van der Waals surface area (Å²) in [5.41, 5.74) is 1.63. The van der Waals surface area contributed by atoms with Gasteiger partial charge in [-0.25, -0.2) is 0 Å². The Labute approximate surface area is 153 Å². The van der Waals surface area contributed by atoms with E-state index in [4.69, 9.17) is 16.3 Å². The number of hydrogen-bond acceptors (Lipinski definition) is 2. The fourth-order valence-corrected chi connectivity index (χ4v) is 3.26. The fraction of sp³-hybridized carbons (Fsp3) is 0.105. The molecule has 1 N–H and O–H groups in total. The van der Waals surface area contributed by atoms with E-state index in [-0.39, 0.29) is 12.5 Å². The summed E-state index contributed by atoms with van der Waals surface area (Å²) >= 11 is 9.46. The van der Waals surface area contributed by atoms with Crippen LogP contribution < -0.4 is 10.1 Å². The highest BCUT2D eigenvalue weighted by atomic mass is 79.9. The number of ether oxygens (including phenoxy) is 1. The van der Waals surface area contributed by atoms with Crippen molar-refractivity contribution in [1.82, 2.24) is 0 Å². The van der Waals surface area contributed by atoms with Crippen molar-refractivity contribution in [3.63, 3.8) is 0 Å². The highest BCUT2D eigenvalue weighted by Crippen LogP contribution is 2.33. The van der Waals surface area contributed by atoms with Crippen molar-refractivity contribution >= 4 is 49.9 Å². The summed E-state index contributed by atoms with van der Waals surface area (Å²) in [5.74, 6) is 0.414. The zero-order chi connectivity index (χ0) is 17.1. The fourth-order valence-electron chi connectivity index (χ4n) is 2.42. The number of amides is 1. The van der Waals surface area contributed by atoms with Gasteiger partial charge in [-0.3, -0.25) is 4.79 Å². The van der Waals surface area contributed by atoms with Gasteiger partial charge in [0.05, 0.1) is 4.47 Å². The number of halogens is 2. The molecule has 3 nitrogen and oxygen atoms in total. The molecule has 0 radical (unpaired) electrons. The van der Waals surface area contributed by atoms with Crippen LogP contribution in [0.3, 0.4) is 0 Å². The van der Waals surface area contributed by atoms with Crippen LogP contribution in [0.25, 0.3) is 10.8 Å². The number of nitrogens with one attached hydrogen (secondary N) is 1. The van der Waals surface area contributed by atoms with Gasteiger partial charge in [0.25, 0.3) is 5.91 Å². The van der Waals surface area contributed by atoms with E-state index in [1.165, 1.54) is 0 Å². The number of rotatable bonds is 4. The van der Waals surface area contributed by atoms with Crippen LogP contribution in [0.15, 0.2) is 59.1 Å². The van der Waals surface area contributed by atoms with E-state index >= 15 is 0 Å². The first kappa shape index (κ1) is 16.8. The first-order valence-electron chi connectivity index (χ1n) is 7.40. The molecule has 0 fully saturated rings. The molecule has 3 rings (SSSR count). The van der Waals surface area contributed by atoms with Crippen molar-refractivity contribution in [1.29, 1.82) is 0 Å². The number of benzene rings is 3. The Kier molecular flexibility index (Phi) is 5.07. The van der Waals surface area contributed by atoms with Crippen molar-refractivity contribution in [2.75, 3.05) is 11.9 Å². The SMILES string of the molecule is Cc1cc(Cl)ccc1NC(=O)COc1ccc2ccccc2c1Br. The number of carbonyl (C=O) groups is 1. The van der Waals surface area contributed by atoms with Crippen molar-refractivity contribution in [3.8, 4) is 5.75 Å². The van der Waals surface area contributed by atoms with Gasteiger partial charge in [-0.1, -0.05) is 41.9 Å². The van der Waals surface area contributed by atoms with Crippen LogP contribution in [0, 0.1) is 6.92 Å². The van der Waals surface area contributed by atoms with Gasteiger partial charge in [-0.15, -0.1) is 0 Å². The molecule has 0 unspecified atom stereocenters. The molecule has 0 saturated carbocycles. The first-order valence-corrected chi connectivity index (χ1v) is 8.58. The maximum Gasteiger partial charge on any atom is 0.262 e. The molecule has 122 valence electrons. The van der Waals surface area contributed by atoms with Crippen molar-refractivity contribution in [2.45, 2.75) is 6.92 Å². The lowest BCUT2D eigenvalue weighted by Crippen LogP contribution is -2.20. The molecule has 0 saturated heterocycles. The summed E-state index contributed by atoms with van der Waals surface area (Å²) in [7, 11) is 0. The summed E-state index contributed by atoms with van der Waals surface area (Å²) < 4.78 is 6.50. The Balaban J connectivity index is 1.69. The Morgan fingerprint density at radius 2 is 1.96 bits per heavy atom. The van der Waals surface area contributed by atoms with E-state index in [1.54, 1.807) is 18.2 Å². The second kappa shape index (κ2) is 7.24. The standard InChI is InChI=1S/C19H15BrClNO2/c1-12-10-14(21)7-8-16(12)22-18(23)11-24-17-9-6-13-4-2-3-5-15(13)19(17)20/h2-10H,11H2,1H3,(H,22,23). The molecule has 0 spiro atoms. The normalized spacial score (nSPS) is 10.6. The van der Waals surface area contributed by atoms with Crippen LogP contribution in [-0.2, 0) is 4.79 Å². The average molecular weight is 405 g/mol. The molecule has 5 heteroatoms. The summed E-state index contributed by atoms with van der Waals surface area (Å²) in [4.78, 5) is 12.1. The zero-order valence-electron chi connectivity index (χ0n) is 13.0. The van der Waals surface area contributed by atoms with Crippen LogP contribution in [-0.4, -0.2) is 12.5 Å². The molecule has 3 aromatic carbocycles. The molecule has 0 aliphatic heterocycles. The van der Waals surface area contributed by atoms with E-state index in [9.17, 15) is 4.79 Å². The summed E-state index contributed by atoms with van der Waals surface area (Å²) in [5, 5.41) is 5.62. The smallest absolute Gasteiger partial charge is 0.262 e. The Morgan fingerprint density at radius 3 is 2.75 bits per heavy atom. The minimum atomic E-state index is -0.222. The number of hydrogen-bond donors (Lipinski definition) is 1. The molecule has 3 aromatic rings. The lowest BCUT2D eigenvalue weighted by molar-refractivity contribution is -0.118. The van der Waals surface area contributed by atoms with Crippen LogP contribution in [0.4, 0.5) is 5.69 Å². The van der Waals surface area contributed by atoms with Gasteiger partial charge >= 0.3 is 0 Å². The Hall–Kier alpha value is -2.04. The van der Waals surface area contributed by atoms with Gasteiger partial charge in [0, 0.05) is 10.7 Å². The van der Waals surface area contributed by atoms with Crippen LogP contribution in [0.1, 0.15) is 5.56 Å². The minimum absolute atomic E-state index is 0.0704. The lowest BCUT2D eigenvalue weighted by atomic mass is 10.1. The number of anilines is 1. The van der Waals surface area contributed by atoms with E-state index in [0.717, 1.165) is 26.5 Å². The van der Waals surface area contributed by atoms with Gasteiger partial charge in [-0.2, -0.15) is 0 Å². The van der Waals surface area contributed by atoms with E-state index in [2.05, 4.69) is 21.2 Å². The van der Waals surface area contributed by atoms with Crippen LogP contribution in [0.5, 0.6) is 5.75 Å². The topological polar surface area (TPSA) is 38.3 Å². The highest BCUT2D eigenvalue weighted by Gasteiger charge is 2.10. The predicted molar refractivity (Wildman–Crippen MR) is 102 cm³/mol. The number of carbonyl (C=O) groups excluding carboxylic acids is 1. The molecule has 1 amide bonds. The zero-order valence-corrected chi connectivity index (χ0v) is 15.3. The van der Waals surface area contributed by atoms with Gasteiger partial charge in [0.1, 0.15) is 5.75 Å². The molecule has 0 aliphatic carbocycles. The second-order valence-corrected chi connectivity index (χ2v) is 6.62.